The summed E-state index contributed by atoms with van der Waals surface area (Å²) >= 11 is 0. The second-order valence-corrected chi connectivity index (χ2v) is 3.98. The molecule has 66 valence electrons. The Bertz CT molecular complexity index is 112. The lowest BCUT2D eigenvalue weighted by Gasteiger charge is -2.13. The summed E-state index contributed by atoms with van der Waals surface area (Å²) in [5.74, 6) is 0.891. The Kier molecular flexibility index (Phi) is 3.34. The Labute approximate surface area is 70.0 Å². The predicted molar refractivity (Wildman–Crippen MR) is 48.7 cm³/mol. The Morgan fingerprint density at radius 2 is 2.27 bits per heavy atom. The van der Waals surface area contributed by atoms with Crippen LogP contribution < -0.4 is 5.32 Å². The minimum Gasteiger partial charge on any atom is -0.314 e. The Morgan fingerprint density at radius 3 is 2.73 bits per heavy atom. The molecular formula is C9H20N2. The normalized spacial score (nSPS) is 26.7. The molecule has 0 aromatic rings. The Morgan fingerprint density at radius 1 is 1.55 bits per heavy atom. The van der Waals surface area contributed by atoms with E-state index in [4.69, 9.17) is 0 Å². The average molecular weight is 156 g/mol. The second kappa shape index (κ2) is 4.07. The maximum Gasteiger partial charge on any atom is 0.00192 e. The molecule has 1 atom stereocenters. The number of nitrogens with zero attached hydrogens (tertiary/aromatic N) is 1. The number of hydrogen-bond acceptors (Lipinski definition) is 2. The van der Waals surface area contributed by atoms with Gasteiger partial charge in [-0.05, 0) is 32.5 Å². The molecule has 2 heteroatoms. The quantitative estimate of drug-likeness (QED) is 0.654. The molecule has 0 bridgehead atoms. The van der Waals surface area contributed by atoms with Crippen LogP contribution in [0.2, 0.25) is 0 Å². The third-order valence-electron chi connectivity index (χ3n) is 2.30. The molecule has 0 aliphatic carbocycles. The van der Waals surface area contributed by atoms with Crippen molar-refractivity contribution in [3.05, 3.63) is 0 Å². The summed E-state index contributed by atoms with van der Waals surface area (Å²) in [4.78, 5) is 2.41. The van der Waals surface area contributed by atoms with Crippen molar-refractivity contribution < 1.29 is 0 Å². The first-order chi connectivity index (χ1) is 5.18. The van der Waals surface area contributed by atoms with Crippen LogP contribution in [0.15, 0.2) is 0 Å². The molecule has 1 fully saturated rings. The SMILES string of the molecule is CC(C)NCC1CCN(C)C1. The summed E-state index contributed by atoms with van der Waals surface area (Å²) in [5.41, 5.74) is 0. The van der Waals surface area contributed by atoms with E-state index in [1.54, 1.807) is 0 Å². The summed E-state index contributed by atoms with van der Waals surface area (Å²) in [6.07, 6.45) is 1.37. The van der Waals surface area contributed by atoms with Gasteiger partial charge in [0.25, 0.3) is 0 Å². The van der Waals surface area contributed by atoms with Gasteiger partial charge >= 0.3 is 0 Å². The van der Waals surface area contributed by atoms with Crippen LogP contribution in [0.3, 0.4) is 0 Å². The Balaban J connectivity index is 2.08. The molecule has 1 N–H and O–H groups in total. The van der Waals surface area contributed by atoms with Gasteiger partial charge in [0, 0.05) is 12.6 Å². The van der Waals surface area contributed by atoms with Crippen LogP contribution in [0.4, 0.5) is 0 Å². The van der Waals surface area contributed by atoms with Gasteiger partial charge in [-0.3, -0.25) is 0 Å². The van der Waals surface area contributed by atoms with Gasteiger partial charge in [-0.15, -0.1) is 0 Å². The minimum absolute atomic E-state index is 0.640. The molecule has 1 rings (SSSR count). The summed E-state index contributed by atoms with van der Waals surface area (Å²) in [6.45, 7) is 8.17. The zero-order chi connectivity index (χ0) is 8.27. The third kappa shape index (κ3) is 3.21. The van der Waals surface area contributed by atoms with Crippen LogP contribution in [0.1, 0.15) is 20.3 Å². The van der Waals surface area contributed by atoms with Gasteiger partial charge in [-0.2, -0.15) is 0 Å². The van der Waals surface area contributed by atoms with Gasteiger partial charge in [0.15, 0.2) is 0 Å². The highest BCUT2D eigenvalue weighted by Gasteiger charge is 2.18. The molecule has 1 unspecified atom stereocenters. The summed E-state index contributed by atoms with van der Waals surface area (Å²) in [6, 6.07) is 0.640. The molecular weight excluding hydrogens is 136 g/mol. The standard InChI is InChI=1S/C9H20N2/c1-8(2)10-6-9-4-5-11(3)7-9/h8-10H,4-7H2,1-3H3. The molecule has 1 heterocycles. The highest BCUT2D eigenvalue weighted by atomic mass is 15.1. The lowest BCUT2D eigenvalue weighted by molar-refractivity contribution is 0.383. The molecule has 2 nitrogen and oxygen atoms in total. The monoisotopic (exact) mass is 156 g/mol. The van der Waals surface area contributed by atoms with Crippen molar-refractivity contribution in [2.75, 3.05) is 26.7 Å². The number of likely N-dealkylation sites (tertiary alicyclic amines) is 1. The fourth-order valence-corrected chi connectivity index (χ4v) is 1.60. The van der Waals surface area contributed by atoms with Crippen molar-refractivity contribution in [2.45, 2.75) is 26.3 Å². The molecule has 0 aromatic heterocycles. The summed E-state index contributed by atoms with van der Waals surface area (Å²) < 4.78 is 0. The van der Waals surface area contributed by atoms with Gasteiger partial charge in [-0.1, -0.05) is 13.8 Å². The van der Waals surface area contributed by atoms with Crippen molar-refractivity contribution >= 4 is 0 Å². The van der Waals surface area contributed by atoms with Crippen LogP contribution in [-0.2, 0) is 0 Å². The molecule has 1 aliphatic rings. The van der Waals surface area contributed by atoms with E-state index < -0.39 is 0 Å². The number of hydrogen-bond donors (Lipinski definition) is 1. The summed E-state index contributed by atoms with van der Waals surface area (Å²) in [7, 11) is 2.20. The third-order valence-corrected chi connectivity index (χ3v) is 2.30. The zero-order valence-electron chi connectivity index (χ0n) is 7.93. The van der Waals surface area contributed by atoms with Crippen LogP contribution in [-0.4, -0.2) is 37.6 Å². The molecule has 0 amide bonds. The van der Waals surface area contributed by atoms with E-state index >= 15 is 0 Å². The van der Waals surface area contributed by atoms with Gasteiger partial charge in [0.2, 0.25) is 0 Å². The fourth-order valence-electron chi connectivity index (χ4n) is 1.60. The summed E-state index contributed by atoms with van der Waals surface area (Å²) in [5, 5.41) is 3.48. The smallest absolute Gasteiger partial charge is 0.00192 e. The maximum absolute atomic E-state index is 3.48. The highest BCUT2D eigenvalue weighted by Crippen LogP contribution is 2.12. The molecule has 11 heavy (non-hydrogen) atoms. The Hall–Kier alpha value is -0.0800. The topological polar surface area (TPSA) is 15.3 Å². The van der Waals surface area contributed by atoms with E-state index in [0.29, 0.717) is 6.04 Å². The average Bonchev–Trinajstić information content (AvgIpc) is 2.31. The van der Waals surface area contributed by atoms with E-state index in [2.05, 4.69) is 31.1 Å². The van der Waals surface area contributed by atoms with Crippen molar-refractivity contribution in [1.82, 2.24) is 10.2 Å². The molecule has 0 aromatic carbocycles. The first-order valence-corrected chi connectivity index (χ1v) is 4.60. The number of rotatable bonds is 3. The van der Waals surface area contributed by atoms with Crippen LogP contribution in [0.25, 0.3) is 0 Å². The van der Waals surface area contributed by atoms with E-state index in [1.807, 2.05) is 0 Å². The van der Waals surface area contributed by atoms with Gasteiger partial charge in [0.05, 0.1) is 0 Å². The molecule has 0 radical (unpaired) electrons. The van der Waals surface area contributed by atoms with Crippen molar-refractivity contribution in [2.24, 2.45) is 5.92 Å². The molecule has 0 spiro atoms. The van der Waals surface area contributed by atoms with E-state index in [9.17, 15) is 0 Å². The minimum atomic E-state index is 0.640. The van der Waals surface area contributed by atoms with Crippen LogP contribution in [0.5, 0.6) is 0 Å². The first kappa shape index (κ1) is 9.01. The largest absolute Gasteiger partial charge is 0.314 e. The first-order valence-electron chi connectivity index (χ1n) is 4.60. The second-order valence-electron chi connectivity index (χ2n) is 3.98. The van der Waals surface area contributed by atoms with E-state index in [0.717, 1.165) is 5.92 Å². The van der Waals surface area contributed by atoms with Crippen LogP contribution >= 0.6 is 0 Å². The molecule has 0 saturated carbocycles. The molecule has 1 aliphatic heterocycles. The maximum atomic E-state index is 3.48. The van der Waals surface area contributed by atoms with Gasteiger partial charge in [-0.25, -0.2) is 0 Å². The fraction of sp³-hybridized carbons (Fsp3) is 1.00. The zero-order valence-corrected chi connectivity index (χ0v) is 7.93. The van der Waals surface area contributed by atoms with Crippen LogP contribution in [0, 0.1) is 5.92 Å². The van der Waals surface area contributed by atoms with E-state index in [-0.39, 0.29) is 0 Å². The highest BCUT2D eigenvalue weighted by molar-refractivity contribution is 4.75. The number of nitrogens with one attached hydrogen (secondary N) is 1. The van der Waals surface area contributed by atoms with Crippen molar-refractivity contribution in [1.29, 1.82) is 0 Å². The predicted octanol–water partition coefficient (Wildman–Crippen LogP) is 0.936. The van der Waals surface area contributed by atoms with Crippen molar-refractivity contribution in [3.63, 3.8) is 0 Å². The lowest BCUT2D eigenvalue weighted by Crippen LogP contribution is -2.30. The van der Waals surface area contributed by atoms with E-state index in [1.165, 1.54) is 26.1 Å². The van der Waals surface area contributed by atoms with Gasteiger partial charge in [0.1, 0.15) is 0 Å². The lowest BCUT2D eigenvalue weighted by atomic mass is 10.1. The van der Waals surface area contributed by atoms with Gasteiger partial charge < -0.3 is 10.2 Å². The van der Waals surface area contributed by atoms with Crippen molar-refractivity contribution in [3.8, 4) is 0 Å². The molecule has 1 saturated heterocycles.